The van der Waals surface area contributed by atoms with Crippen LogP contribution in [-0.2, 0) is 7.05 Å². The van der Waals surface area contributed by atoms with Crippen molar-refractivity contribution in [3.63, 3.8) is 0 Å². The first-order chi connectivity index (χ1) is 11.1. The molecule has 2 aromatic rings. The second-order valence-electron chi connectivity index (χ2n) is 6.13. The maximum absolute atomic E-state index is 12.5. The van der Waals surface area contributed by atoms with Crippen molar-refractivity contribution in [1.82, 2.24) is 9.47 Å². The third-order valence-electron chi connectivity index (χ3n) is 4.65. The van der Waals surface area contributed by atoms with E-state index in [0.717, 1.165) is 18.4 Å². The minimum atomic E-state index is -0.500. The van der Waals surface area contributed by atoms with Crippen LogP contribution >= 0.6 is 11.6 Å². The van der Waals surface area contributed by atoms with Crippen molar-refractivity contribution in [2.45, 2.75) is 18.9 Å². The van der Waals surface area contributed by atoms with Gasteiger partial charge >= 0.3 is 0 Å². The summed E-state index contributed by atoms with van der Waals surface area (Å²) in [5.74, 6) is 0.241. The van der Waals surface area contributed by atoms with E-state index in [1.54, 1.807) is 12.1 Å². The van der Waals surface area contributed by atoms with Crippen LogP contribution in [0.4, 0.5) is 0 Å². The number of benzene rings is 1. The Morgan fingerprint density at radius 1 is 1.22 bits per heavy atom. The SMILES string of the molecule is Cn1cccc1C(=O)N1CCC(C(O)c2ccc(Cl)cc2)CC1. The first kappa shape index (κ1) is 16.1. The van der Waals surface area contributed by atoms with Crippen LogP contribution in [0.2, 0.25) is 5.02 Å². The van der Waals surface area contributed by atoms with Crippen LogP contribution in [-0.4, -0.2) is 33.6 Å². The summed E-state index contributed by atoms with van der Waals surface area (Å²) in [7, 11) is 1.88. The van der Waals surface area contributed by atoms with E-state index in [9.17, 15) is 9.90 Å². The molecule has 1 N–H and O–H groups in total. The lowest BCUT2D eigenvalue weighted by Crippen LogP contribution is -2.40. The van der Waals surface area contributed by atoms with Crippen molar-refractivity contribution >= 4 is 17.5 Å². The number of aliphatic hydroxyl groups is 1. The molecule has 4 nitrogen and oxygen atoms in total. The third kappa shape index (κ3) is 3.43. The Morgan fingerprint density at radius 2 is 1.87 bits per heavy atom. The van der Waals surface area contributed by atoms with Gasteiger partial charge in [0.25, 0.3) is 5.91 Å². The number of carbonyl (C=O) groups is 1. The van der Waals surface area contributed by atoms with Gasteiger partial charge in [-0.15, -0.1) is 0 Å². The molecule has 1 amide bonds. The van der Waals surface area contributed by atoms with E-state index in [1.807, 2.05) is 47.0 Å². The van der Waals surface area contributed by atoms with Crippen molar-refractivity contribution in [1.29, 1.82) is 0 Å². The summed E-state index contributed by atoms with van der Waals surface area (Å²) in [5, 5.41) is 11.2. The Labute approximate surface area is 141 Å². The number of nitrogens with zero attached hydrogens (tertiary/aromatic N) is 2. The molecule has 1 aromatic heterocycles. The molecule has 5 heteroatoms. The molecular weight excluding hydrogens is 312 g/mol. The first-order valence-corrected chi connectivity index (χ1v) is 8.28. The van der Waals surface area contributed by atoms with Gasteiger partial charge in [-0.25, -0.2) is 0 Å². The summed E-state index contributed by atoms with van der Waals surface area (Å²) >= 11 is 5.89. The standard InChI is InChI=1S/C18H21ClN2O2/c1-20-10-2-3-16(20)18(23)21-11-8-14(9-12-21)17(22)13-4-6-15(19)7-5-13/h2-7,10,14,17,22H,8-9,11-12H2,1H3. The third-order valence-corrected chi connectivity index (χ3v) is 4.90. The minimum Gasteiger partial charge on any atom is -0.388 e. The van der Waals surface area contributed by atoms with E-state index in [1.165, 1.54) is 0 Å². The highest BCUT2D eigenvalue weighted by molar-refractivity contribution is 6.30. The Bertz CT molecular complexity index is 673. The number of aryl methyl sites for hydroxylation is 1. The van der Waals surface area contributed by atoms with Gasteiger partial charge in [-0.3, -0.25) is 4.79 Å². The van der Waals surface area contributed by atoms with Gasteiger partial charge in [0.1, 0.15) is 5.69 Å². The maximum atomic E-state index is 12.5. The van der Waals surface area contributed by atoms with Crippen molar-refractivity contribution < 1.29 is 9.90 Å². The van der Waals surface area contributed by atoms with Crippen molar-refractivity contribution in [3.8, 4) is 0 Å². The second kappa shape index (κ2) is 6.77. The van der Waals surface area contributed by atoms with Crippen LogP contribution in [0.5, 0.6) is 0 Å². The topological polar surface area (TPSA) is 45.5 Å². The zero-order valence-corrected chi connectivity index (χ0v) is 13.9. The fraction of sp³-hybridized carbons (Fsp3) is 0.389. The summed E-state index contributed by atoms with van der Waals surface area (Å²) in [6.07, 6.45) is 2.99. The normalized spacial score (nSPS) is 17.3. The number of carbonyl (C=O) groups excluding carboxylic acids is 1. The molecule has 2 heterocycles. The predicted molar refractivity (Wildman–Crippen MR) is 90.5 cm³/mol. The van der Waals surface area contributed by atoms with Gasteiger partial charge in [0.15, 0.2) is 0 Å². The van der Waals surface area contributed by atoms with E-state index in [4.69, 9.17) is 11.6 Å². The van der Waals surface area contributed by atoms with Crippen LogP contribution in [0.1, 0.15) is 35.0 Å². The largest absolute Gasteiger partial charge is 0.388 e. The summed E-state index contributed by atoms with van der Waals surface area (Å²) in [5.41, 5.74) is 1.60. The number of aliphatic hydroxyl groups excluding tert-OH is 1. The fourth-order valence-corrected chi connectivity index (χ4v) is 3.32. The highest BCUT2D eigenvalue weighted by Crippen LogP contribution is 2.31. The van der Waals surface area contributed by atoms with Gasteiger partial charge in [0, 0.05) is 31.4 Å². The van der Waals surface area contributed by atoms with E-state index in [2.05, 4.69) is 0 Å². The molecule has 1 saturated heterocycles. The molecule has 3 rings (SSSR count). The van der Waals surface area contributed by atoms with Gasteiger partial charge in [-0.1, -0.05) is 23.7 Å². The smallest absolute Gasteiger partial charge is 0.270 e. The molecule has 0 bridgehead atoms. The average molecular weight is 333 g/mol. The molecule has 0 spiro atoms. The number of hydrogen-bond acceptors (Lipinski definition) is 2. The lowest BCUT2D eigenvalue weighted by molar-refractivity contribution is 0.0456. The van der Waals surface area contributed by atoms with Crippen molar-refractivity contribution in [3.05, 3.63) is 58.9 Å². The lowest BCUT2D eigenvalue weighted by atomic mass is 9.87. The number of likely N-dealkylation sites (tertiary alicyclic amines) is 1. The summed E-state index contributed by atoms with van der Waals surface area (Å²) in [4.78, 5) is 14.4. The van der Waals surface area contributed by atoms with Crippen LogP contribution in [0.15, 0.2) is 42.6 Å². The molecule has 1 atom stereocenters. The Kier molecular flexibility index (Phi) is 4.74. The highest BCUT2D eigenvalue weighted by atomic mass is 35.5. The number of aromatic nitrogens is 1. The van der Waals surface area contributed by atoms with E-state index >= 15 is 0 Å². The van der Waals surface area contributed by atoms with Crippen LogP contribution in [0, 0.1) is 5.92 Å². The zero-order chi connectivity index (χ0) is 16.4. The molecule has 1 aliphatic heterocycles. The summed E-state index contributed by atoms with van der Waals surface area (Å²) < 4.78 is 1.84. The van der Waals surface area contributed by atoms with E-state index < -0.39 is 6.10 Å². The van der Waals surface area contributed by atoms with E-state index in [-0.39, 0.29) is 11.8 Å². The molecule has 23 heavy (non-hydrogen) atoms. The fourth-order valence-electron chi connectivity index (χ4n) is 3.20. The Hall–Kier alpha value is -1.78. The number of hydrogen-bond donors (Lipinski definition) is 1. The second-order valence-corrected chi connectivity index (χ2v) is 6.57. The monoisotopic (exact) mass is 332 g/mol. The number of rotatable bonds is 3. The van der Waals surface area contributed by atoms with Gasteiger partial charge in [-0.05, 0) is 48.6 Å². The lowest BCUT2D eigenvalue weighted by Gasteiger charge is -2.34. The molecule has 1 aliphatic rings. The van der Waals surface area contributed by atoms with Crippen molar-refractivity contribution in [2.24, 2.45) is 13.0 Å². The molecule has 0 saturated carbocycles. The Morgan fingerprint density at radius 3 is 2.43 bits per heavy atom. The molecule has 0 aliphatic carbocycles. The predicted octanol–water partition coefficient (Wildman–Crippen LogP) is 3.26. The number of halogens is 1. The molecule has 122 valence electrons. The Balaban J connectivity index is 1.61. The van der Waals surface area contributed by atoms with Gasteiger partial charge in [0.2, 0.25) is 0 Å². The summed E-state index contributed by atoms with van der Waals surface area (Å²) in [6, 6.07) is 11.1. The molecule has 1 unspecified atom stereocenters. The quantitative estimate of drug-likeness (QED) is 0.937. The molecular formula is C18H21ClN2O2. The zero-order valence-electron chi connectivity index (χ0n) is 13.2. The van der Waals surface area contributed by atoms with Crippen LogP contribution in [0.25, 0.3) is 0 Å². The molecule has 1 aromatic carbocycles. The average Bonchev–Trinajstić information content (AvgIpc) is 3.00. The maximum Gasteiger partial charge on any atom is 0.270 e. The van der Waals surface area contributed by atoms with Crippen LogP contribution in [0.3, 0.4) is 0 Å². The summed E-state index contributed by atoms with van der Waals surface area (Å²) in [6.45, 7) is 1.36. The van der Waals surface area contributed by atoms with Gasteiger partial charge in [-0.2, -0.15) is 0 Å². The highest BCUT2D eigenvalue weighted by Gasteiger charge is 2.29. The molecule has 1 fully saturated rings. The van der Waals surface area contributed by atoms with Gasteiger partial charge < -0.3 is 14.6 Å². The number of piperidine rings is 1. The van der Waals surface area contributed by atoms with Crippen molar-refractivity contribution in [2.75, 3.05) is 13.1 Å². The number of amides is 1. The molecule has 0 radical (unpaired) electrons. The first-order valence-electron chi connectivity index (χ1n) is 7.90. The minimum absolute atomic E-state index is 0.0666. The van der Waals surface area contributed by atoms with Crippen LogP contribution < -0.4 is 0 Å². The van der Waals surface area contributed by atoms with E-state index in [0.29, 0.717) is 23.8 Å². The van der Waals surface area contributed by atoms with Gasteiger partial charge in [0.05, 0.1) is 6.10 Å².